The highest BCUT2D eigenvalue weighted by Gasteiger charge is 2.11. The van der Waals surface area contributed by atoms with Gasteiger partial charge < -0.3 is 10.6 Å². The van der Waals surface area contributed by atoms with Gasteiger partial charge in [0.1, 0.15) is 4.90 Å². The first kappa shape index (κ1) is 21.1. The molecule has 2 aromatic rings. The molecule has 1 aromatic carbocycles. The van der Waals surface area contributed by atoms with Crippen molar-refractivity contribution in [3.8, 4) is 0 Å². The van der Waals surface area contributed by atoms with Gasteiger partial charge in [0.15, 0.2) is 0 Å². The van der Waals surface area contributed by atoms with Gasteiger partial charge >= 0.3 is 0 Å². The van der Waals surface area contributed by atoms with Crippen molar-refractivity contribution in [2.45, 2.75) is 31.3 Å². The molecule has 25 heavy (non-hydrogen) atoms. The fraction of sp³-hybridized carbons (Fsp3) is 0.333. The Kier molecular flexibility index (Phi) is 8.04. The first-order valence-electron chi connectivity index (χ1n) is 7.53. The number of halogens is 1. The van der Waals surface area contributed by atoms with Crippen LogP contribution in [0.4, 0.5) is 5.69 Å². The van der Waals surface area contributed by atoms with Crippen LogP contribution in [-0.2, 0) is 27.9 Å². The van der Waals surface area contributed by atoms with Crippen LogP contribution >= 0.6 is 12.4 Å². The van der Waals surface area contributed by atoms with E-state index < -0.39 is 10.0 Å². The molecule has 0 spiro atoms. The molecule has 0 aliphatic rings. The summed E-state index contributed by atoms with van der Waals surface area (Å²) in [6, 6.07) is 7.60. The zero-order valence-corrected chi connectivity index (χ0v) is 15.4. The Hall–Kier alpha value is -1.94. The van der Waals surface area contributed by atoms with Gasteiger partial charge in [-0.3, -0.25) is 9.48 Å². The summed E-state index contributed by atoms with van der Waals surface area (Å²) in [6.45, 7) is 3.91. The van der Waals surface area contributed by atoms with E-state index in [-0.39, 0.29) is 36.2 Å². The highest BCUT2D eigenvalue weighted by atomic mass is 35.5. The summed E-state index contributed by atoms with van der Waals surface area (Å²) in [5.41, 5.74) is 1.81. The number of sulfonamides is 1. The lowest BCUT2D eigenvalue weighted by Crippen LogP contribution is -2.16. The second-order valence-electron chi connectivity index (χ2n) is 5.26. The molecule has 0 unspecified atom stereocenters. The Balaban J connectivity index is 0.00000312. The zero-order chi connectivity index (χ0) is 17.6. The van der Waals surface area contributed by atoms with Crippen LogP contribution in [0, 0.1) is 0 Å². The van der Waals surface area contributed by atoms with Crippen molar-refractivity contribution in [2.75, 3.05) is 11.9 Å². The zero-order valence-electron chi connectivity index (χ0n) is 13.8. The number of carbonyl (C=O) groups excluding carboxylic acids is 1. The molecular weight excluding hydrogens is 366 g/mol. The molecule has 0 atom stereocenters. The van der Waals surface area contributed by atoms with Gasteiger partial charge in [0.25, 0.3) is 0 Å². The molecule has 0 bridgehead atoms. The summed E-state index contributed by atoms with van der Waals surface area (Å²) >= 11 is 0. The number of rotatable bonds is 8. The fourth-order valence-corrected chi connectivity index (χ4v) is 2.54. The maximum absolute atomic E-state index is 12.0. The first-order valence-corrected chi connectivity index (χ1v) is 9.08. The Morgan fingerprint density at radius 2 is 2.12 bits per heavy atom. The number of benzene rings is 1. The van der Waals surface area contributed by atoms with Crippen LogP contribution in [0.1, 0.15) is 18.9 Å². The van der Waals surface area contributed by atoms with Crippen molar-refractivity contribution in [3.63, 3.8) is 0 Å². The van der Waals surface area contributed by atoms with E-state index in [1.54, 1.807) is 0 Å². The van der Waals surface area contributed by atoms with Crippen LogP contribution in [0.15, 0.2) is 41.6 Å². The fourth-order valence-electron chi connectivity index (χ4n) is 2.08. The van der Waals surface area contributed by atoms with E-state index in [0.717, 1.165) is 30.5 Å². The summed E-state index contributed by atoms with van der Waals surface area (Å²) in [6.07, 6.45) is 2.64. The summed E-state index contributed by atoms with van der Waals surface area (Å²) in [5, 5.41) is 14.9. The summed E-state index contributed by atoms with van der Waals surface area (Å²) in [4.78, 5) is 11.9. The largest absolute Gasteiger partial charge is 0.326 e. The van der Waals surface area contributed by atoms with E-state index >= 15 is 0 Å². The number of aromatic nitrogens is 2. The average Bonchev–Trinajstić information content (AvgIpc) is 3.00. The second-order valence-corrected chi connectivity index (χ2v) is 6.82. The number of hydrogen-bond acceptors (Lipinski definition) is 5. The molecule has 2 rings (SSSR count). The van der Waals surface area contributed by atoms with Gasteiger partial charge in [0, 0.05) is 31.4 Å². The van der Waals surface area contributed by atoms with Crippen molar-refractivity contribution in [1.29, 1.82) is 0 Å². The monoisotopic (exact) mass is 387 g/mol. The minimum Gasteiger partial charge on any atom is -0.326 e. The Morgan fingerprint density at radius 3 is 2.76 bits per heavy atom. The van der Waals surface area contributed by atoms with Crippen LogP contribution < -0.4 is 15.8 Å². The highest BCUT2D eigenvalue weighted by Crippen LogP contribution is 2.11. The smallest absolute Gasteiger partial charge is 0.241 e. The number of nitrogens with two attached hydrogens (primary N) is 1. The molecule has 8 nitrogen and oxygen atoms in total. The third-order valence-electron chi connectivity index (χ3n) is 3.30. The van der Waals surface area contributed by atoms with Crippen molar-refractivity contribution in [3.05, 3.63) is 42.2 Å². The van der Waals surface area contributed by atoms with Gasteiger partial charge in [0.2, 0.25) is 15.9 Å². The molecule has 1 amide bonds. The number of nitrogens with zero attached hydrogens (tertiary/aromatic N) is 2. The lowest BCUT2D eigenvalue weighted by atomic mass is 10.2. The molecule has 0 fully saturated rings. The van der Waals surface area contributed by atoms with Crippen molar-refractivity contribution >= 4 is 34.0 Å². The van der Waals surface area contributed by atoms with E-state index in [0.29, 0.717) is 0 Å². The quantitative estimate of drug-likeness (QED) is 0.626. The molecule has 0 saturated heterocycles. The van der Waals surface area contributed by atoms with E-state index in [9.17, 15) is 13.2 Å². The Bertz CT molecular complexity index is 807. The van der Waals surface area contributed by atoms with Crippen molar-refractivity contribution < 1.29 is 13.2 Å². The van der Waals surface area contributed by atoms with Gasteiger partial charge in [-0.05, 0) is 24.2 Å². The SMILES string of the molecule is CCNCc1cccc(NC(=O)CCn2cc(S(N)(=O)=O)cn2)c1.Cl. The second kappa shape index (κ2) is 9.52. The molecular formula is C15H22ClN5O3S. The number of carbonyl (C=O) groups is 1. The molecule has 0 radical (unpaired) electrons. The normalized spacial score (nSPS) is 11.0. The molecule has 1 heterocycles. The minimum atomic E-state index is -3.77. The van der Waals surface area contributed by atoms with Gasteiger partial charge in [-0.1, -0.05) is 19.1 Å². The average molecular weight is 388 g/mol. The number of primary sulfonamides is 1. The third kappa shape index (κ3) is 6.83. The molecule has 0 aliphatic carbocycles. The van der Waals surface area contributed by atoms with E-state index in [2.05, 4.69) is 15.7 Å². The highest BCUT2D eigenvalue weighted by molar-refractivity contribution is 7.89. The van der Waals surface area contributed by atoms with E-state index in [1.165, 1.54) is 10.9 Å². The summed E-state index contributed by atoms with van der Waals surface area (Å²) in [7, 11) is -3.77. The van der Waals surface area contributed by atoms with Crippen LogP contribution in [0.25, 0.3) is 0 Å². The van der Waals surface area contributed by atoms with Gasteiger partial charge in [0.05, 0.1) is 6.20 Å². The molecule has 1 aromatic heterocycles. The lowest BCUT2D eigenvalue weighted by Gasteiger charge is -2.08. The lowest BCUT2D eigenvalue weighted by molar-refractivity contribution is -0.116. The number of anilines is 1. The molecule has 138 valence electrons. The Morgan fingerprint density at radius 1 is 1.36 bits per heavy atom. The van der Waals surface area contributed by atoms with E-state index in [1.807, 2.05) is 31.2 Å². The van der Waals surface area contributed by atoms with Crippen molar-refractivity contribution in [2.24, 2.45) is 5.14 Å². The minimum absolute atomic E-state index is 0. The summed E-state index contributed by atoms with van der Waals surface area (Å²) in [5.74, 6) is -0.178. The van der Waals surface area contributed by atoms with E-state index in [4.69, 9.17) is 5.14 Å². The third-order valence-corrected chi connectivity index (χ3v) is 4.16. The summed E-state index contributed by atoms with van der Waals surface area (Å²) < 4.78 is 23.7. The van der Waals surface area contributed by atoms with Crippen LogP contribution in [0.5, 0.6) is 0 Å². The van der Waals surface area contributed by atoms with Gasteiger partial charge in [-0.25, -0.2) is 13.6 Å². The number of aryl methyl sites for hydroxylation is 1. The number of hydrogen-bond donors (Lipinski definition) is 3. The molecule has 10 heteroatoms. The standard InChI is InChI=1S/C15H21N5O3S.ClH/c1-2-17-9-12-4-3-5-13(8-12)19-15(21)6-7-20-11-14(10-18-20)24(16,22)23;/h3-5,8,10-11,17H,2,6-7,9H2,1H3,(H,19,21)(H2,16,22,23);1H. The van der Waals surface area contributed by atoms with Crippen LogP contribution in [0.3, 0.4) is 0 Å². The van der Waals surface area contributed by atoms with Gasteiger partial charge in [-0.15, -0.1) is 12.4 Å². The van der Waals surface area contributed by atoms with Crippen molar-refractivity contribution in [1.82, 2.24) is 15.1 Å². The van der Waals surface area contributed by atoms with Crippen LogP contribution in [-0.4, -0.2) is 30.7 Å². The predicted molar refractivity (Wildman–Crippen MR) is 97.9 cm³/mol. The first-order chi connectivity index (χ1) is 11.4. The number of nitrogens with one attached hydrogen (secondary N) is 2. The molecule has 0 aliphatic heterocycles. The molecule has 0 saturated carbocycles. The maximum atomic E-state index is 12.0. The molecule has 4 N–H and O–H groups in total. The predicted octanol–water partition coefficient (Wildman–Crippen LogP) is 1.09. The maximum Gasteiger partial charge on any atom is 0.241 e. The van der Waals surface area contributed by atoms with Gasteiger partial charge in [-0.2, -0.15) is 5.10 Å². The Labute approximate surface area is 153 Å². The number of amides is 1. The topological polar surface area (TPSA) is 119 Å². The van der Waals surface area contributed by atoms with Crippen LogP contribution in [0.2, 0.25) is 0 Å².